The molecular formula is C111H209N7O27Si. The van der Waals surface area contributed by atoms with Crippen molar-refractivity contribution in [1.29, 1.82) is 0 Å². The standard InChI is InChI=1S/C29H52N2O11.C26H51N5O4.C20H34O8.C18H32O4.C18H40Si/c1-21(2)29(36)24(9-15-41-27(34)19-37-17-25(32)39-13-7-11-30-22(3)4)10-16-42-28(35)20-38-18-26(33)40-14-8-12-31-23(5)6;1-19(2)24-27-25(30(11-15-32-20(3)4)12-16-33-21(5)6)29-26(28-24)31(13-17-34-22(7)8)14-18-35-23(9)10;1-13(2)16(11-25-17(21)7-9-19(23)27-14(3)4)12-26-18(22)8-10-20(24)28-15(5)6;1-11(2)15(19)9-18(22-14(7)8,17(21)13(5)6)10-16(20)12(3)4;1-15(2)9-12-19(18(7)8,13-10-16(3)4)14-11-17(5)6/h21-24,30-31H,7-20H2,1-6H3;19-23H,11-18H2,1-10H3;13-16H,7-12H2,1-6H3;11-14H,9-10H2,1-8H3;15-18H,9-14H2,1-8H3. The fourth-order valence-corrected chi connectivity index (χ4v) is 19.8. The second-order valence-corrected chi connectivity index (χ2v) is 49.1. The van der Waals surface area contributed by atoms with Crippen LogP contribution in [0.3, 0.4) is 0 Å². The van der Waals surface area contributed by atoms with Crippen LogP contribution in [-0.2, 0) is 129 Å². The van der Waals surface area contributed by atoms with E-state index in [4.69, 9.17) is 86.0 Å². The highest BCUT2D eigenvalue weighted by Gasteiger charge is 2.46. The highest BCUT2D eigenvalue weighted by molar-refractivity contribution is 6.81. The van der Waals surface area contributed by atoms with Crippen molar-refractivity contribution in [2.24, 2.45) is 59.2 Å². The molecule has 0 saturated carbocycles. The molecule has 1 heterocycles. The summed E-state index contributed by atoms with van der Waals surface area (Å²) in [6, 6.07) is 5.42. The molecule has 1 aromatic heterocycles. The quantitative estimate of drug-likeness (QED) is 0.0265. The van der Waals surface area contributed by atoms with Crippen molar-refractivity contribution in [1.82, 2.24) is 25.6 Å². The molecule has 0 spiro atoms. The Labute approximate surface area is 883 Å². The molecule has 146 heavy (non-hydrogen) atoms. The predicted octanol–water partition coefficient (Wildman–Crippen LogP) is 19.3. The molecule has 854 valence electrons. The van der Waals surface area contributed by atoms with Crippen molar-refractivity contribution in [2.45, 2.75) is 437 Å². The van der Waals surface area contributed by atoms with Crippen LogP contribution in [0.4, 0.5) is 11.9 Å². The Hall–Kier alpha value is -7.09. The Kier molecular flexibility index (Phi) is 84.0. The minimum Gasteiger partial charge on any atom is -0.465 e. The SMILES string of the molecule is CC(C)CC[Si](CCC(C)C)(CCC(C)C)C(C)C.CC(C)NCCCOC(=O)COCC(=O)OCCC(CCOC(=O)COCC(=O)OCCCNC(C)C)C(=O)C(C)C.CC(C)OC(=O)CCC(=O)OCC(COC(=O)CCC(=O)OC(C)C)C(C)C.CC(C)OC(CC(=O)C(C)C)(CC(=O)C(C)C)C(=O)C(C)C.CC(C)OCCN(CCOC(C)C)c1nc(C(C)C)nc(N(CCOC(C)C)CCOC(C)C)n1. The third kappa shape index (κ3) is 79.9. The summed E-state index contributed by atoms with van der Waals surface area (Å²) in [4.78, 5) is 162. The van der Waals surface area contributed by atoms with Crippen LogP contribution in [0, 0.1) is 59.2 Å². The first kappa shape index (κ1) is 145. The average Bonchev–Trinajstić information content (AvgIpc) is 0.797. The Bertz CT molecular complexity index is 3430. The molecule has 0 bridgehead atoms. The molecule has 0 unspecified atom stereocenters. The van der Waals surface area contributed by atoms with Crippen molar-refractivity contribution in [3.63, 3.8) is 0 Å². The van der Waals surface area contributed by atoms with Gasteiger partial charge in [-0.05, 0) is 159 Å². The summed E-state index contributed by atoms with van der Waals surface area (Å²) in [6.45, 7) is 82.3. The Balaban J connectivity index is -0.000000887. The Morgan fingerprint density at radius 1 is 0.336 bits per heavy atom. The fraction of sp³-hybridized carbons (Fsp3) is 0.865. The van der Waals surface area contributed by atoms with Crippen LogP contribution >= 0.6 is 0 Å². The second-order valence-electron chi connectivity index (χ2n) is 43.8. The molecule has 0 aromatic carbocycles. The van der Waals surface area contributed by atoms with Crippen molar-refractivity contribution < 1.29 is 129 Å². The van der Waals surface area contributed by atoms with Gasteiger partial charge in [0, 0.05) is 92.5 Å². The maximum atomic E-state index is 12.8. The van der Waals surface area contributed by atoms with Gasteiger partial charge in [0.2, 0.25) is 11.9 Å². The number of ether oxygens (including phenoxy) is 15. The lowest BCUT2D eigenvalue weighted by Gasteiger charge is -2.38. The molecule has 0 aliphatic rings. The van der Waals surface area contributed by atoms with E-state index in [2.05, 4.69) is 89.7 Å². The molecule has 0 radical (unpaired) electrons. The lowest BCUT2D eigenvalue weighted by Crippen LogP contribution is -2.50. The van der Waals surface area contributed by atoms with Crippen LogP contribution in [-0.4, -0.2) is 286 Å². The first-order chi connectivity index (χ1) is 68.0. The number of ketones is 4. The molecule has 0 aliphatic carbocycles. The molecule has 0 saturated heterocycles. The largest absolute Gasteiger partial charge is 0.465 e. The van der Waals surface area contributed by atoms with E-state index in [1.807, 2.05) is 111 Å². The fourth-order valence-electron chi connectivity index (χ4n) is 13.9. The van der Waals surface area contributed by atoms with E-state index in [9.17, 15) is 57.5 Å². The van der Waals surface area contributed by atoms with E-state index in [1.54, 1.807) is 101 Å². The van der Waals surface area contributed by atoms with Gasteiger partial charge < -0.3 is 91.5 Å². The van der Waals surface area contributed by atoms with E-state index < -0.39 is 80.6 Å². The number of rotatable bonds is 78. The van der Waals surface area contributed by atoms with E-state index in [0.717, 1.165) is 42.2 Å². The number of Topliss-reactive ketones (excluding diaryl/α,β-unsaturated/α-hetero) is 4. The van der Waals surface area contributed by atoms with Crippen LogP contribution in [0.5, 0.6) is 0 Å². The van der Waals surface area contributed by atoms with Gasteiger partial charge in [0.05, 0.1) is 143 Å². The molecule has 0 atom stereocenters. The number of nitrogens with zero attached hydrogens (tertiary/aromatic N) is 5. The highest BCUT2D eigenvalue weighted by Crippen LogP contribution is 2.40. The number of hydrogen-bond acceptors (Lipinski definition) is 34. The number of aromatic nitrogens is 3. The van der Waals surface area contributed by atoms with Crippen LogP contribution in [0.15, 0.2) is 0 Å². The smallest absolute Gasteiger partial charge is 0.332 e. The van der Waals surface area contributed by atoms with Crippen LogP contribution in [0.25, 0.3) is 0 Å². The number of nitrogens with one attached hydrogen (secondary N) is 2. The van der Waals surface area contributed by atoms with Gasteiger partial charge in [-0.1, -0.05) is 209 Å². The molecule has 34 nitrogen and oxygen atoms in total. The van der Waals surface area contributed by atoms with Gasteiger partial charge in [-0.3, -0.25) is 38.4 Å². The van der Waals surface area contributed by atoms with E-state index in [1.165, 1.54) is 19.3 Å². The van der Waals surface area contributed by atoms with Gasteiger partial charge in [0.15, 0.2) is 5.78 Å². The topological polar surface area (TPSA) is 412 Å². The average molecular weight is 2100 g/mol. The lowest BCUT2D eigenvalue weighted by molar-refractivity contribution is -0.164. The highest BCUT2D eigenvalue weighted by atomic mass is 28.3. The number of carbonyl (C=O) groups excluding carboxylic acids is 12. The van der Waals surface area contributed by atoms with Crippen LogP contribution < -0.4 is 20.4 Å². The number of anilines is 2. The third-order valence-electron chi connectivity index (χ3n) is 22.7. The maximum absolute atomic E-state index is 12.8. The number of esters is 8. The van der Waals surface area contributed by atoms with Gasteiger partial charge in [-0.15, -0.1) is 0 Å². The lowest BCUT2D eigenvalue weighted by atomic mass is 9.79. The van der Waals surface area contributed by atoms with Crippen molar-refractivity contribution >= 4 is 90.9 Å². The first-order valence-corrected chi connectivity index (χ1v) is 57.2. The summed E-state index contributed by atoms with van der Waals surface area (Å²) >= 11 is 0. The van der Waals surface area contributed by atoms with E-state index in [0.29, 0.717) is 89.4 Å². The van der Waals surface area contributed by atoms with E-state index in [-0.39, 0.29) is 212 Å². The van der Waals surface area contributed by atoms with Gasteiger partial charge >= 0.3 is 47.8 Å². The number of carbonyl (C=O) groups is 12. The first-order valence-electron chi connectivity index (χ1n) is 54.5. The van der Waals surface area contributed by atoms with Gasteiger partial charge in [0.1, 0.15) is 55.2 Å². The van der Waals surface area contributed by atoms with E-state index >= 15 is 0 Å². The second kappa shape index (κ2) is 84.5. The summed E-state index contributed by atoms with van der Waals surface area (Å²) in [6.07, 6.45) is 5.92. The van der Waals surface area contributed by atoms with Crippen LogP contribution in [0.1, 0.15) is 358 Å². The zero-order chi connectivity index (χ0) is 113. The minimum absolute atomic E-state index is 0.0294. The molecule has 0 amide bonds. The zero-order valence-corrected chi connectivity index (χ0v) is 99.3. The maximum Gasteiger partial charge on any atom is 0.332 e. The number of hydrogen-bond donors (Lipinski definition) is 2. The Morgan fingerprint density at radius 3 is 0.904 bits per heavy atom. The summed E-state index contributed by atoms with van der Waals surface area (Å²) in [7, 11) is -1.06. The van der Waals surface area contributed by atoms with Gasteiger partial charge in [-0.2, -0.15) is 15.0 Å². The summed E-state index contributed by atoms with van der Waals surface area (Å²) < 4.78 is 79.9. The summed E-state index contributed by atoms with van der Waals surface area (Å²) in [5, 5.41) is 6.41. The van der Waals surface area contributed by atoms with Crippen molar-refractivity contribution in [3.05, 3.63) is 5.82 Å². The molecule has 0 fully saturated rings. The molecule has 1 aromatic rings. The van der Waals surface area contributed by atoms with Crippen molar-refractivity contribution in [3.8, 4) is 0 Å². The minimum atomic E-state index is -1.33. The summed E-state index contributed by atoms with van der Waals surface area (Å²) in [5.74, 6) is -1.33. The normalized spacial score (nSPS) is 11.9. The molecule has 2 N–H and O–H groups in total. The summed E-state index contributed by atoms with van der Waals surface area (Å²) in [5.41, 5.74) is -0.367. The van der Waals surface area contributed by atoms with Crippen LogP contribution in [0.2, 0.25) is 23.7 Å². The van der Waals surface area contributed by atoms with Gasteiger partial charge in [0.25, 0.3) is 0 Å². The molecule has 35 heteroatoms. The Morgan fingerprint density at radius 2 is 0.651 bits per heavy atom. The molecule has 0 aliphatic heterocycles. The van der Waals surface area contributed by atoms with Crippen molar-refractivity contribution in [2.75, 3.05) is 142 Å². The molecular weight excluding hydrogens is 1890 g/mol. The van der Waals surface area contributed by atoms with Gasteiger partial charge in [-0.25, -0.2) is 19.2 Å². The monoisotopic (exact) mass is 2100 g/mol. The molecule has 1 rings (SSSR count). The predicted molar refractivity (Wildman–Crippen MR) is 579 cm³/mol. The zero-order valence-electron chi connectivity index (χ0n) is 98.3. The third-order valence-corrected chi connectivity index (χ3v) is 29.0.